The number of rotatable bonds is 7. The van der Waals surface area contributed by atoms with Gasteiger partial charge in [-0.1, -0.05) is 18.5 Å². The zero-order valence-corrected chi connectivity index (χ0v) is 27.2. The number of aromatic nitrogens is 4. The van der Waals surface area contributed by atoms with Crippen molar-refractivity contribution in [3.63, 3.8) is 0 Å². The van der Waals surface area contributed by atoms with Crippen LogP contribution in [0, 0.1) is 6.92 Å². The summed E-state index contributed by atoms with van der Waals surface area (Å²) in [6.45, 7) is 4.07. The quantitative estimate of drug-likeness (QED) is 0.363. The fraction of sp³-hybridized carbons (Fsp3) is 0.406. The van der Waals surface area contributed by atoms with Gasteiger partial charge in [-0.15, -0.1) is 0 Å². The number of hydrogen-bond acceptors (Lipinski definition) is 10. The Bertz CT molecular complexity index is 1870. The van der Waals surface area contributed by atoms with E-state index in [1.54, 1.807) is 30.8 Å². The lowest BCUT2D eigenvalue weighted by Crippen LogP contribution is -2.50. The molecule has 0 radical (unpaired) electrons. The number of benzene rings is 1. The average Bonchev–Trinajstić information content (AvgIpc) is 3.65. The molecule has 3 atom stereocenters. The Morgan fingerprint density at radius 2 is 1.90 bits per heavy atom. The highest BCUT2D eigenvalue weighted by molar-refractivity contribution is 6.33. The number of aryl methyl sites for hydroxylation is 1. The van der Waals surface area contributed by atoms with E-state index >= 15 is 0 Å². The minimum atomic E-state index is -4.60. The summed E-state index contributed by atoms with van der Waals surface area (Å²) in [4.78, 5) is 63.6. The van der Waals surface area contributed by atoms with Crippen molar-refractivity contribution in [2.24, 2.45) is 0 Å². The molecule has 2 fully saturated rings. The van der Waals surface area contributed by atoms with Gasteiger partial charge in [0.25, 0.3) is 5.91 Å². The number of alkyl halides is 3. The number of nitrogens with one attached hydrogen (secondary N) is 1. The summed E-state index contributed by atoms with van der Waals surface area (Å²) in [7, 11) is 3.53. The Balaban J connectivity index is 1.31. The molecular weight excluding hydrogens is 653 g/mol. The van der Waals surface area contributed by atoms with E-state index in [4.69, 9.17) is 11.6 Å². The topological polar surface area (TPSA) is 145 Å². The third-order valence-electron chi connectivity index (χ3n) is 9.07. The third-order valence-corrected chi connectivity index (χ3v) is 9.38. The number of piperazine rings is 1. The van der Waals surface area contributed by atoms with Crippen molar-refractivity contribution in [3.05, 3.63) is 75.4 Å². The number of aromatic hydroxyl groups is 1. The minimum Gasteiger partial charge on any atom is -0.504 e. The van der Waals surface area contributed by atoms with Crippen molar-refractivity contribution in [1.29, 1.82) is 0 Å². The summed E-state index contributed by atoms with van der Waals surface area (Å²) in [6.07, 6.45) is -1.06. The molecule has 2 amide bonds. The number of allylic oxidation sites excluding steroid dienone is 2. The number of carbonyl (C=O) groups is 3. The van der Waals surface area contributed by atoms with Gasteiger partial charge in [0, 0.05) is 45.6 Å². The van der Waals surface area contributed by atoms with E-state index in [0.29, 0.717) is 42.2 Å². The van der Waals surface area contributed by atoms with Crippen molar-refractivity contribution >= 4 is 40.7 Å². The third kappa shape index (κ3) is 5.80. The predicted octanol–water partition coefficient (Wildman–Crippen LogP) is 4.59. The molecule has 12 nitrogen and oxygen atoms in total. The Labute approximate surface area is 278 Å². The van der Waals surface area contributed by atoms with Crippen LogP contribution in [-0.2, 0) is 11.0 Å². The van der Waals surface area contributed by atoms with E-state index in [1.807, 2.05) is 11.8 Å². The highest BCUT2D eigenvalue weighted by Gasteiger charge is 2.50. The first-order chi connectivity index (χ1) is 22.7. The summed E-state index contributed by atoms with van der Waals surface area (Å²) in [5, 5.41) is 12.8. The molecule has 1 aliphatic carbocycles. The lowest BCUT2D eigenvalue weighted by Gasteiger charge is -2.40. The number of likely N-dealkylation sites (tertiary alicyclic amines) is 2. The van der Waals surface area contributed by atoms with Crippen LogP contribution in [0.5, 0.6) is 5.75 Å². The van der Waals surface area contributed by atoms with Gasteiger partial charge in [0.1, 0.15) is 17.8 Å². The predicted molar refractivity (Wildman–Crippen MR) is 169 cm³/mol. The van der Waals surface area contributed by atoms with Gasteiger partial charge in [-0.05, 0) is 43.5 Å². The first kappa shape index (κ1) is 33.1. The molecule has 0 spiro atoms. The fourth-order valence-corrected chi connectivity index (χ4v) is 6.92. The summed E-state index contributed by atoms with van der Waals surface area (Å²) >= 11 is 6.11. The van der Waals surface area contributed by atoms with Gasteiger partial charge >= 0.3 is 6.18 Å². The molecule has 2 aliphatic heterocycles. The molecule has 2 bridgehead atoms. The number of halogens is 4. The Morgan fingerprint density at radius 3 is 2.52 bits per heavy atom. The monoisotopic (exact) mass is 684 g/mol. The highest BCUT2D eigenvalue weighted by Crippen LogP contribution is 2.44. The van der Waals surface area contributed by atoms with E-state index < -0.39 is 29.5 Å². The second-order valence-electron chi connectivity index (χ2n) is 12.2. The maximum atomic E-state index is 14.3. The number of anilines is 2. The molecule has 1 aromatic carbocycles. The Hall–Kier alpha value is -4.79. The SMILES string of the molecule is CCC1=C(N2C[C@H]3C[C@@H]2CN3C(=O)c2ncnc(C)c2O)C(=O)c2nc(N(C)C)cnc2C1CC(=O)Nc1ccc(C(F)(F)F)cc1Cl. The van der Waals surface area contributed by atoms with Gasteiger partial charge in [0.05, 0.1) is 45.6 Å². The second-order valence-corrected chi connectivity index (χ2v) is 12.6. The molecule has 1 unspecified atom stereocenters. The maximum absolute atomic E-state index is 14.3. The molecule has 2 N–H and O–H groups in total. The van der Waals surface area contributed by atoms with Crippen LogP contribution in [-0.4, -0.2) is 91.7 Å². The maximum Gasteiger partial charge on any atom is 0.416 e. The number of Topliss-reactive ketones (excluding diaryl/α,β-unsaturated/α-hetero) is 1. The molecule has 252 valence electrons. The van der Waals surface area contributed by atoms with Crippen LogP contribution in [0.1, 0.15) is 70.0 Å². The standard InChI is InChI=1S/C32H32ClF3N8O4/c1-5-19-20(10-24(45)40-22-7-6-16(8-21(22)33)32(34,35)36)25-26(41-23(11-37-25)42(3)4)30(47)28(19)43-12-18-9-17(43)13-44(18)31(48)27-29(46)15(2)38-14-39-27/h6-8,11,14,17-18,20,46H,5,9-10,12-13H2,1-4H3,(H,40,45)/t17-,18-,20?/m1/s1. The van der Waals surface area contributed by atoms with Crippen LogP contribution in [0.4, 0.5) is 24.7 Å². The van der Waals surface area contributed by atoms with Crippen LogP contribution in [0.3, 0.4) is 0 Å². The van der Waals surface area contributed by atoms with Gasteiger partial charge in [-0.2, -0.15) is 13.2 Å². The number of nitrogens with zero attached hydrogens (tertiary/aromatic N) is 7. The van der Waals surface area contributed by atoms with Crippen LogP contribution in [0.2, 0.25) is 5.02 Å². The van der Waals surface area contributed by atoms with Crippen molar-refractivity contribution in [1.82, 2.24) is 29.7 Å². The van der Waals surface area contributed by atoms with Crippen molar-refractivity contribution < 1.29 is 32.7 Å². The highest BCUT2D eigenvalue weighted by atomic mass is 35.5. The lowest BCUT2D eigenvalue weighted by molar-refractivity contribution is -0.137. The van der Waals surface area contributed by atoms with Crippen LogP contribution >= 0.6 is 11.6 Å². The minimum absolute atomic E-state index is 0.0181. The normalized spacial score (nSPS) is 20.3. The first-order valence-corrected chi connectivity index (χ1v) is 15.6. The van der Waals surface area contributed by atoms with Crippen LogP contribution in [0.15, 0.2) is 42.0 Å². The van der Waals surface area contributed by atoms with E-state index in [-0.39, 0.29) is 64.4 Å². The molecule has 3 aromatic rings. The summed E-state index contributed by atoms with van der Waals surface area (Å²) in [5.74, 6) is -1.80. The summed E-state index contributed by atoms with van der Waals surface area (Å²) in [6, 6.07) is 2.20. The molecule has 48 heavy (non-hydrogen) atoms. The molecule has 16 heteroatoms. The Kier molecular flexibility index (Phi) is 8.52. The van der Waals surface area contributed by atoms with Gasteiger partial charge in [-0.3, -0.25) is 19.4 Å². The largest absolute Gasteiger partial charge is 0.504 e. The summed E-state index contributed by atoms with van der Waals surface area (Å²) in [5.41, 5.74) is 0.794. The van der Waals surface area contributed by atoms with Gasteiger partial charge in [0.15, 0.2) is 11.4 Å². The molecule has 2 aromatic heterocycles. The van der Waals surface area contributed by atoms with Gasteiger partial charge in [-0.25, -0.2) is 15.0 Å². The zero-order chi connectivity index (χ0) is 34.7. The molecule has 6 rings (SSSR count). The lowest BCUT2D eigenvalue weighted by atomic mass is 9.80. The Morgan fingerprint density at radius 1 is 1.15 bits per heavy atom. The summed E-state index contributed by atoms with van der Waals surface area (Å²) < 4.78 is 39.5. The van der Waals surface area contributed by atoms with E-state index in [2.05, 4.69) is 25.3 Å². The van der Waals surface area contributed by atoms with Crippen molar-refractivity contribution in [3.8, 4) is 5.75 Å². The van der Waals surface area contributed by atoms with Gasteiger partial charge < -0.3 is 25.1 Å². The van der Waals surface area contributed by atoms with E-state index in [0.717, 1.165) is 18.2 Å². The average molecular weight is 685 g/mol. The zero-order valence-electron chi connectivity index (χ0n) is 26.5. The van der Waals surface area contributed by atoms with Crippen LogP contribution in [0.25, 0.3) is 0 Å². The smallest absolute Gasteiger partial charge is 0.416 e. The van der Waals surface area contributed by atoms with Crippen LogP contribution < -0.4 is 10.2 Å². The first-order valence-electron chi connectivity index (χ1n) is 15.3. The molecular formula is C32H32ClF3N8O4. The molecule has 3 aliphatic rings. The second kappa shape index (κ2) is 12.3. The number of ketones is 1. The molecule has 2 saturated heterocycles. The number of amides is 2. The number of hydrogen-bond donors (Lipinski definition) is 2. The van der Waals surface area contributed by atoms with E-state index in [9.17, 15) is 32.7 Å². The van der Waals surface area contributed by atoms with Crippen molar-refractivity contribution in [2.75, 3.05) is 37.4 Å². The van der Waals surface area contributed by atoms with Gasteiger partial charge in [0.2, 0.25) is 11.7 Å². The number of carbonyl (C=O) groups excluding carboxylic acids is 3. The fourth-order valence-electron chi connectivity index (χ4n) is 6.69. The molecule has 0 saturated carbocycles. The molecule has 4 heterocycles. The van der Waals surface area contributed by atoms with E-state index in [1.165, 1.54) is 12.5 Å². The number of fused-ring (bicyclic) bond motifs is 3. The van der Waals surface area contributed by atoms with Crippen molar-refractivity contribution in [2.45, 2.75) is 57.3 Å².